The third-order valence-electron chi connectivity index (χ3n) is 5.27. The van der Waals surface area contributed by atoms with Crippen molar-refractivity contribution < 1.29 is 4.84 Å². The Labute approximate surface area is 118 Å². The summed E-state index contributed by atoms with van der Waals surface area (Å²) in [6.45, 7) is 9.70. The Hall–Kier alpha value is -0.600. The third-order valence-corrected chi connectivity index (χ3v) is 5.27. The van der Waals surface area contributed by atoms with Gasteiger partial charge in [0, 0.05) is 14.1 Å². The lowest BCUT2D eigenvalue weighted by molar-refractivity contribution is -0.109. The summed E-state index contributed by atoms with van der Waals surface area (Å²) in [7, 11) is 3.85. The molecular weight excluding hydrogens is 234 g/mol. The monoisotopic (exact) mass is 263 g/mol. The van der Waals surface area contributed by atoms with Crippen molar-refractivity contribution in [3.05, 3.63) is 23.8 Å². The van der Waals surface area contributed by atoms with Crippen LogP contribution >= 0.6 is 0 Å². The topological polar surface area (TPSA) is 12.5 Å². The smallest absolute Gasteiger partial charge is 0.0892 e. The lowest BCUT2D eigenvalue weighted by atomic mass is 9.69. The molecule has 2 rings (SSSR count). The van der Waals surface area contributed by atoms with Crippen LogP contribution in [0.4, 0.5) is 0 Å². The van der Waals surface area contributed by atoms with E-state index < -0.39 is 0 Å². The zero-order valence-electron chi connectivity index (χ0n) is 13.0. The van der Waals surface area contributed by atoms with Gasteiger partial charge < -0.3 is 0 Å². The molecule has 0 aromatic rings. The fraction of sp³-hybridized carbons (Fsp3) is 0.765. The molecule has 0 aromatic heterocycles. The Morgan fingerprint density at radius 1 is 1.47 bits per heavy atom. The molecule has 2 heteroatoms. The molecule has 3 atom stereocenters. The van der Waals surface area contributed by atoms with Crippen LogP contribution < -0.4 is 0 Å². The molecule has 0 amide bonds. The van der Waals surface area contributed by atoms with Crippen molar-refractivity contribution in [2.75, 3.05) is 20.7 Å². The number of rotatable bonds is 6. The van der Waals surface area contributed by atoms with Gasteiger partial charge in [-0.15, -0.1) is 0 Å². The standard InChI is InChI=1S/C17H29NO/c1-13(12-19-18(4)5)7-6-10-17(3)14(2)15-8-9-16(17)11-15/h7,15-16H,2,6,8-12H2,1,3-5H3/b13-7+/t15-,16+,17+/m1/s1. The molecule has 2 saturated carbocycles. The van der Waals surface area contributed by atoms with E-state index in [2.05, 4.69) is 26.5 Å². The van der Waals surface area contributed by atoms with Crippen molar-refractivity contribution in [1.29, 1.82) is 0 Å². The molecule has 2 aliphatic carbocycles. The highest BCUT2D eigenvalue weighted by Crippen LogP contribution is 2.60. The van der Waals surface area contributed by atoms with Crippen LogP contribution in [0.3, 0.4) is 0 Å². The maximum absolute atomic E-state index is 5.47. The van der Waals surface area contributed by atoms with Crippen LogP contribution in [0.25, 0.3) is 0 Å². The van der Waals surface area contributed by atoms with Crippen LogP contribution in [0.5, 0.6) is 0 Å². The van der Waals surface area contributed by atoms with Crippen LogP contribution in [-0.2, 0) is 4.84 Å². The summed E-state index contributed by atoms with van der Waals surface area (Å²) in [5.74, 6) is 1.73. The van der Waals surface area contributed by atoms with Gasteiger partial charge in [0.05, 0.1) is 6.61 Å². The number of nitrogens with zero attached hydrogens (tertiary/aromatic N) is 1. The van der Waals surface area contributed by atoms with Crippen molar-refractivity contribution >= 4 is 0 Å². The molecule has 2 fully saturated rings. The molecule has 2 aliphatic rings. The average Bonchev–Trinajstić information content (AvgIpc) is 2.91. The van der Waals surface area contributed by atoms with E-state index in [0.29, 0.717) is 12.0 Å². The van der Waals surface area contributed by atoms with E-state index in [0.717, 1.165) is 18.3 Å². The van der Waals surface area contributed by atoms with Gasteiger partial charge in [0.1, 0.15) is 0 Å². The zero-order valence-corrected chi connectivity index (χ0v) is 13.0. The second kappa shape index (κ2) is 5.80. The quantitative estimate of drug-likeness (QED) is 0.526. The van der Waals surface area contributed by atoms with E-state index in [1.165, 1.54) is 31.3 Å². The van der Waals surface area contributed by atoms with E-state index in [-0.39, 0.29) is 0 Å². The fourth-order valence-electron chi connectivity index (χ4n) is 3.88. The van der Waals surface area contributed by atoms with Gasteiger partial charge in [-0.2, -0.15) is 5.06 Å². The first-order chi connectivity index (χ1) is 8.93. The summed E-state index contributed by atoms with van der Waals surface area (Å²) in [5.41, 5.74) is 3.27. The summed E-state index contributed by atoms with van der Waals surface area (Å²) in [6.07, 6.45) is 8.97. The van der Waals surface area contributed by atoms with E-state index in [1.807, 2.05) is 14.1 Å². The van der Waals surface area contributed by atoms with Gasteiger partial charge in [0.25, 0.3) is 0 Å². The average molecular weight is 263 g/mol. The Balaban J connectivity index is 1.82. The van der Waals surface area contributed by atoms with Gasteiger partial charge in [-0.1, -0.05) is 25.2 Å². The Bertz CT molecular complexity index is 371. The number of hydroxylamine groups is 2. The normalized spacial score (nSPS) is 34.6. The molecule has 0 N–H and O–H groups in total. The van der Waals surface area contributed by atoms with Crippen molar-refractivity contribution in [3.8, 4) is 0 Å². The first-order valence-electron chi connectivity index (χ1n) is 7.58. The van der Waals surface area contributed by atoms with E-state index in [1.54, 1.807) is 10.6 Å². The highest BCUT2D eigenvalue weighted by molar-refractivity contribution is 5.24. The van der Waals surface area contributed by atoms with Gasteiger partial charge >= 0.3 is 0 Å². The first-order valence-corrected chi connectivity index (χ1v) is 7.58. The van der Waals surface area contributed by atoms with Crippen LogP contribution in [0, 0.1) is 17.3 Å². The number of allylic oxidation sites excluding steroid dienone is 2. The highest BCUT2D eigenvalue weighted by Gasteiger charge is 2.49. The van der Waals surface area contributed by atoms with Gasteiger partial charge in [-0.3, -0.25) is 4.84 Å². The van der Waals surface area contributed by atoms with E-state index >= 15 is 0 Å². The summed E-state index contributed by atoms with van der Waals surface area (Å²) >= 11 is 0. The third kappa shape index (κ3) is 3.11. The predicted molar refractivity (Wildman–Crippen MR) is 80.7 cm³/mol. The minimum absolute atomic E-state index is 0.405. The molecule has 0 unspecified atom stereocenters. The summed E-state index contributed by atoms with van der Waals surface area (Å²) < 4.78 is 0. The molecular formula is C17H29NO. The van der Waals surface area contributed by atoms with Crippen LogP contribution in [0.2, 0.25) is 0 Å². The van der Waals surface area contributed by atoms with Gasteiger partial charge in [0.15, 0.2) is 0 Å². The summed E-state index contributed by atoms with van der Waals surface area (Å²) in [6, 6.07) is 0. The SMILES string of the molecule is C=C1[C@@H]2CC[C@@H](C2)[C@@]1(C)CC/C=C(\C)CON(C)C. The molecule has 0 aliphatic heterocycles. The lowest BCUT2D eigenvalue weighted by Crippen LogP contribution is -2.26. The number of fused-ring (bicyclic) bond motifs is 2. The zero-order chi connectivity index (χ0) is 14.0. The van der Waals surface area contributed by atoms with Crippen LogP contribution in [0.1, 0.15) is 46.0 Å². The second-order valence-electron chi connectivity index (χ2n) is 6.82. The minimum atomic E-state index is 0.405. The summed E-state index contributed by atoms with van der Waals surface area (Å²) in [5, 5.41) is 1.76. The van der Waals surface area contributed by atoms with Crippen molar-refractivity contribution in [2.24, 2.45) is 17.3 Å². The van der Waals surface area contributed by atoms with Gasteiger partial charge in [-0.05, 0) is 61.9 Å². The minimum Gasteiger partial charge on any atom is -0.295 e. The number of hydrogen-bond donors (Lipinski definition) is 0. The summed E-state index contributed by atoms with van der Waals surface area (Å²) in [4.78, 5) is 5.47. The van der Waals surface area contributed by atoms with Crippen molar-refractivity contribution in [3.63, 3.8) is 0 Å². The van der Waals surface area contributed by atoms with Crippen LogP contribution in [0.15, 0.2) is 23.8 Å². The van der Waals surface area contributed by atoms with Gasteiger partial charge in [-0.25, -0.2) is 0 Å². The Kier molecular flexibility index (Phi) is 4.52. The van der Waals surface area contributed by atoms with E-state index in [9.17, 15) is 0 Å². The predicted octanol–water partition coefficient (Wildman–Crippen LogP) is 4.20. The van der Waals surface area contributed by atoms with Crippen molar-refractivity contribution in [1.82, 2.24) is 5.06 Å². The molecule has 0 spiro atoms. The first kappa shape index (κ1) is 14.8. The van der Waals surface area contributed by atoms with Crippen molar-refractivity contribution in [2.45, 2.75) is 46.0 Å². The highest BCUT2D eigenvalue weighted by atomic mass is 16.7. The second-order valence-corrected chi connectivity index (χ2v) is 6.82. The van der Waals surface area contributed by atoms with E-state index in [4.69, 9.17) is 4.84 Å². The maximum atomic E-state index is 5.47. The fourth-order valence-corrected chi connectivity index (χ4v) is 3.88. The molecule has 108 valence electrons. The molecule has 2 nitrogen and oxygen atoms in total. The molecule has 2 bridgehead atoms. The molecule has 0 heterocycles. The largest absolute Gasteiger partial charge is 0.295 e. The van der Waals surface area contributed by atoms with Crippen LogP contribution in [-0.4, -0.2) is 25.8 Å². The lowest BCUT2D eigenvalue weighted by Gasteiger charge is -2.36. The molecule has 0 radical (unpaired) electrons. The number of hydrogen-bond acceptors (Lipinski definition) is 2. The molecule has 0 saturated heterocycles. The Morgan fingerprint density at radius 3 is 2.79 bits per heavy atom. The Morgan fingerprint density at radius 2 is 2.21 bits per heavy atom. The maximum Gasteiger partial charge on any atom is 0.0892 e. The van der Waals surface area contributed by atoms with Gasteiger partial charge in [0.2, 0.25) is 0 Å². The molecule has 19 heavy (non-hydrogen) atoms. The molecule has 0 aromatic carbocycles.